The highest BCUT2D eigenvalue weighted by atomic mass is 32.2. The molecule has 0 aromatic carbocycles. The molecular formula is C10H18O2S. The minimum absolute atomic E-state index is 0.0626. The lowest BCUT2D eigenvalue weighted by Gasteiger charge is -2.19. The lowest BCUT2D eigenvalue weighted by Crippen LogP contribution is -2.23. The first-order valence-corrected chi connectivity index (χ1v) is 5.13. The van der Waals surface area contributed by atoms with Crippen molar-refractivity contribution < 1.29 is 9.59 Å². The van der Waals surface area contributed by atoms with Gasteiger partial charge in [-0.3, -0.25) is 9.59 Å². The Morgan fingerprint density at radius 1 is 0.769 bits per heavy atom. The molecule has 0 saturated carbocycles. The summed E-state index contributed by atoms with van der Waals surface area (Å²) >= 11 is 0.836. The highest BCUT2D eigenvalue weighted by Crippen LogP contribution is 2.29. The lowest BCUT2D eigenvalue weighted by molar-refractivity contribution is -0.120. The molecule has 0 saturated heterocycles. The quantitative estimate of drug-likeness (QED) is 0.605. The predicted octanol–water partition coefficient (Wildman–Crippen LogP) is 2.87. The van der Waals surface area contributed by atoms with E-state index >= 15 is 0 Å². The summed E-state index contributed by atoms with van der Waals surface area (Å²) in [6.07, 6.45) is 0. The molecule has 0 heterocycles. The first kappa shape index (κ1) is 12.7. The molecule has 0 unspecified atom stereocenters. The van der Waals surface area contributed by atoms with Gasteiger partial charge in [-0.2, -0.15) is 0 Å². The van der Waals surface area contributed by atoms with Crippen molar-refractivity contribution in [3.05, 3.63) is 0 Å². The normalized spacial score (nSPS) is 12.8. The monoisotopic (exact) mass is 202 g/mol. The van der Waals surface area contributed by atoms with Crippen LogP contribution < -0.4 is 0 Å². The van der Waals surface area contributed by atoms with Crippen LogP contribution in [0.1, 0.15) is 41.5 Å². The maximum atomic E-state index is 11.5. The molecule has 0 radical (unpaired) electrons. The molecule has 0 aliphatic rings. The van der Waals surface area contributed by atoms with E-state index < -0.39 is 10.8 Å². The zero-order valence-electron chi connectivity index (χ0n) is 9.22. The third kappa shape index (κ3) is 4.46. The standard InChI is InChI=1S/C10H18O2S/c1-9(2,3)7(11)13-8(12)10(4,5)6/h1-6H3. The van der Waals surface area contributed by atoms with Gasteiger partial charge < -0.3 is 0 Å². The molecule has 0 spiro atoms. The second kappa shape index (κ2) is 3.82. The van der Waals surface area contributed by atoms with Gasteiger partial charge in [-0.15, -0.1) is 0 Å². The topological polar surface area (TPSA) is 34.1 Å². The van der Waals surface area contributed by atoms with E-state index in [0.717, 1.165) is 11.8 Å². The van der Waals surface area contributed by atoms with Crippen LogP contribution in [0.4, 0.5) is 0 Å². The van der Waals surface area contributed by atoms with Crippen LogP contribution in [0.3, 0.4) is 0 Å². The van der Waals surface area contributed by atoms with Crippen LogP contribution in [-0.4, -0.2) is 10.2 Å². The van der Waals surface area contributed by atoms with Crippen molar-refractivity contribution in [2.75, 3.05) is 0 Å². The number of carbonyl (C=O) groups excluding carboxylic acids is 2. The Balaban J connectivity index is 4.34. The highest BCUT2D eigenvalue weighted by molar-refractivity contribution is 8.26. The maximum absolute atomic E-state index is 11.5. The molecule has 0 aliphatic heterocycles. The molecule has 0 aliphatic carbocycles. The third-order valence-electron chi connectivity index (χ3n) is 1.41. The zero-order chi connectivity index (χ0) is 10.9. The first-order valence-electron chi connectivity index (χ1n) is 4.32. The van der Waals surface area contributed by atoms with Gasteiger partial charge in [0, 0.05) is 10.8 Å². The van der Waals surface area contributed by atoms with Gasteiger partial charge in [0.25, 0.3) is 0 Å². The SMILES string of the molecule is CC(C)(C)C(=O)SC(=O)C(C)(C)C. The number of rotatable bonds is 0. The van der Waals surface area contributed by atoms with Gasteiger partial charge in [-0.25, -0.2) is 0 Å². The fourth-order valence-electron chi connectivity index (χ4n) is 0.390. The molecule has 3 heteroatoms. The summed E-state index contributed by atoms with van der Waals surface area (Å²) in [4.78, 5) is 22.9. The molecule has 0 aromatic heterocycles. The van der Waals surface area contributed by atoms with Gasteiger partial charge in [0.05, 0.1) is 0 Å². The average Bonchev–Trinajstić information content (AvgIpc) is 1.82. The first-order chi connectivity index (χ1) is 5.55. The molecule has 0 atom stereocenters. The Morgan fingerprint density at radius 2 is 1.00 bits per heavy atom. The summed E-state index contributed by atoms with van der Waals surface area (Å²) in [5, 5.41) is -0.125. The minimum Gasteiger partial charge on any atom is -0.286 e. The molecular weight excluding hydrogens is 184 g/mol. The van der Waals surface area contributed by atoms with Gasteiger partial charge in [-0.05, 0) is 11.8 Å². The maximum Gasteiger partial charge on any atom is 0.201 e. The van der Waals surface area contributed by atoms with Gasteiger partial charge in [-0.1, -0.05) is 41.5 Å². The van der Waals surface area contributed by atoms with Crippen LogP contribution in [-0.2, 0) is 9.59 Å². The van der Waals surface area contributed by atoms with E-state index in [0.29, 0.717) is 0 Å². The van der Waals surface area contributed by atoms with Crippen molar-refractivity contribution in [3.63, 3.8) is 0 Å². The molecule has 0 bridgehead atoms. The van der Waals surface area contributed by atoms with Crippen molar-refractivity contribution in [3.8, 4) is 0 Å². The summed E-state index contributed by atoms with van der Waals surface area (Å²) < 4.78 is 0. The Morgan fingerprint density at radius 3 is 1.15 bits per heavy atom. The van der Waals surface area contributed by atoms with E-state index in [-0.39, 0.29) is 10.2 Å². The molecule has 0 aromatic rings. The van der Waals surface area contributed by atoms with E-state index in [1.807, 2.05) is 41.5 Å². The lowest BCUT2D eigenvalue weighted by atomic mass is 9.99. The summed E-state index contributed by atoms with van der Waals surface area (Å²) in [6, 6.07) is 0. The largest absolute Gasteiger partial charge is 0.286 e. The van der Waals surface area contributed by atoms with E-state index in [4.69, 9.17) is 0 Å². The van der Waals surface area contributed by atoms with Gasteiger partial charge in [0.2, 0.25) is 10.2 Å². The number of thioether (sulfide) groups is 1. The number of carbonyl (C=O) groups is 2. The zero-order valence-corrected chi connectivity index (χ0v) is 10.0. The van der Waals surface area contributed by atoms with Crippen LogP contribution in [0.5, 0.6) is 0 Å². The Labute approximate surface area is 84.5 Å². The number of hydrogen-bond donors (Lipinski definition) is 0. The van der Waals surface area contributed by atoms with Gasteiger partial charge in [0.15, 0.2) is 0 Å². The van der Waals surface area contributed by atoms with Crippen molar-refractivity contribution in [2.24, 2.45) is 10.8 Å². The summed E-state index contributed by atoms with van der Waals surface area (Å²) in [6.45, 7) is 10.9. The minimum atomic E-state index is -0.439. The fourth-order valence-corrected chi connectivity index (χ4v) is 1.17. The molecule has 0 rings (SSSR count). The average molecular weight is 202 g/mol. The molecule has 13 heavy (non-hydrogen) atoms. The summed E-state index contributed by atoms with van der Waals surface area (Å²) in [5.41, 5.74) is -0.878. The Hall–Kier alpha value is -0.310. The van der Waals surface area contributed by atoms with Crippen LogP contribution in [0.25, 0.3) is 0 Å². The second-order valence-electron chi connectivity index (χ2n) is 5.18. The Kier molecular flexibility index (Phi) is 3.73. The van der Waals surface area contributed by atoms with Crippen molar-refractivity contribution in [1.82, 2.24) is 0 Å². The van der Waals surface area contributed by atoms with Crippen LogP contribution in [0.15, 0.2) is 0 Å². The van der Waals surface area contributed by atoms with Crippen LogP contribution >= 0.6 is 11.8 Å². The van der Waals surface area contributed by atoms with Crippen LogP contribution in [0, 0.1) is 10.8 Å². The van der Waals surface area contributed by atoms with E-state index in [1.165, 1.54) is 0 Å². The van der Waals surface area contributed by atoms with Crippen molar-refractivity contribution >= 4 is 22.0 Å². The molecule has 0 fully saturated rings. The summed E-state index contributed by atoms with van der Waals surface area (Å²) in [7, 11) is 0. The van der Waals surface area contributed by atoms with Crippen molar-refractivity contribution in [2.45, 2.75) is 41.5 Å². The highest BCUT2D eigenvalue weighted by Gasteiger charge is 2.30. The Bertz CT molecular complexity index is 194. The predicted molar refractivity (Wildman–Crippen MR) is 56.5 cm³/mol. The van der Waals surface area contributed by atoms with E-state index in [2.05, 4.69) is 0 Å². The van der Waals surface area contributed by atoms with Gasteiger partial charge in [0.1, 0.15) is 0 Å². The number of hydrogen-bond acceptors (Lipinski definition) is 3. The summed E-state index contributed by atoms with van der Waals surface area (Å²) in [5.74, 6) is 0. The molecule has 76 valence electrons. The molecule has 0 amide bonds. The third-order valence-corrected chi connectivity index (χ3v) is 3.01. The van der Waals surface area contributed by atoms with E-state index in [9.17, 15) is 9.59 Å². The fraction of sp³-hybridized carbons (Fsp3) is 0.800. The smallest absolute Gasteiger partial charge is 0.201 e. The second-order valence-corrected chi connectivity index (χ2v) is 6.12. The van der Waals surface area contributed by atoms with Crippen LogP contribution in [0.2, 0.25) is 0 Å². The van der Waals surface area contributed by atoms with Crippen molar-refractivity contribution in [1.29, 1.82) is 0 Å². The molecule has 0 N–H and O–H groups in total. The van der Waals surface area contributed by atoms with E-state index in [1.54, 1.807) is 0 Å². The van der Waals surface area contributed by atoms with Gasteiger partial charge >= 0.3 is 0 Å². The molecule has 2 nitrogen and oxygen atoms in total.